The first-order chi connectivity index (χ1) is 12.1. The van der Waals surface area contributed by atoms with Crippen LogP contribution in [0.3, 0.4) is 0 Å². The first-order valence-electron chi connectivity index (χ1n) is 7.58. The highest BCUT2D eigenvalue weighted by molar-refractivity contribution is 8.14. The predicted octanol–water partition coefficient (Wildman–Crippen LogP) is 3.21. The number of carbonyl (C=O) groups excluding carboxylic acids is 1. The molecular weight excluding hydrogens is 360 g/mol. The van der Waals surface area contributed by atoms with Crippen molar-refractivity contribution >= 4 is 34.1 Å². The largest absolute Gasteiger partial charge is 0.467 e. The van der Waals surface area contributed by atoms with Gasteiger partial charge >= 0.3 is 5.97 Å². The average Bonchev–Trinajstić information content (AvgIpc) is 3.30. The second kappa shape index (κ2) is 7.37. The Morgan fingerprint density at radius 3 is 2.72 bits per heavy atom. The SMILES string of the molecule is COC(=O)[C@@]1([C@@H](C[N+](=O)[O-])c2cccs2)CSC(c2ccccc2)=N1. The maximum Gasteiger partial charge on any atom is 0.335 e. The molecule has 25 heavy (non-hydrogen) atoms. The summed E-state index contributed by atoms with van der Waals surface area (Å²) in [7, 11) is 1.29. The third-order valence-electron chi connectivity index (χ3n) is 4.08. The van der Waals surface area contributed by atoms with Crippen LogP contribution < -0.4 is 0 Å². The van der Waals surface area contributed by atoms with Crippen LogP contribution in [0.5, 0.6) is 0 Å². The number of nitro groups is 1. The first-order valence-corrected chi connectivity index (χ1v) is 9.45. The monoisotopic (exact) mass is 376 g/mol. The predicted molar refractivity (Wildman–Crippen MR) is 99.1 cm³/mol. The summed E-state index contributed by atoms with van der Waals surface area (Å²) in [4.78, 5) is 29.0. The summed E-state index contributed by atoms with van der Waals surface area (Å²) in [6.45, 7) is -0.373. The van der Waals surface area contributed by atoms with Gasteiger partial charge in [0.2, 0.25) is 6.54 Å². The van der Waals surface area contributed by atoms with Gasteiger partial charge in [0.25, 0.3) is 0 Å². The van der Waals surface area contributed by atoms with Crippen LogP contribution in [0.25, 0.3) is 0 Å². The Kier molecular flexibility index (Phi) is 5.19. The lowest BCUT2D eigenvalue weighted by atomic mass is 9.84. The lowest BCUT2D eigenvalue weighted by Gasteiger charge is -2.28. The summed E-state index contributed by atoms with van der Waals surface area (Å²) in [5, 5.41) is 13.8. The molecule has 0 saturated carbocycles. The molecule has 0 N–H and O–H groups in total. The quantitative estimate of drug-likeness (QED) is 0.439. The zero-order valence-electron chi connectivity index (χ0n) is 13.5. The molecule has 3 rings (SSSR count). The van der Waals surface area contributed by atoms with Gasteiger partial charge in [-0.1, -0.05) is 36.4 Å². The van der Waals surface area contributed by atoms with E-state index >= 15 is 0 Å². The molecule has 8 heteroatoms. The van der Waals surface area contributed by atoms with Crippen molar-refractivity contribution in [1.82, 2.24) is 0 Å². The number of hydrogen-bond donors (Lipinski definition) is 0. The van der Waals surface area contributed by atoms with E-state index in [1.165, 1.54) is 30.2 Å². The lowest BCUT2D eigenvalue weighted by Crippen LogP contribution is -2.46. The molecule has 130 valence electrons. The van der Waals surface area contributed by atoms with E-state index in [9.17, 15) is 14.9 Å². The molecule has 1 aliphatic heterocycles. The highest BCUT2D eigenvalue weighted by Gasteiger charge is 2.53. The van der Waals surface area contributed by atoms with Gasteiger partial charge in [-0.25, -0.2) is 4.79 Å². The molecule has 1 aliphatic rings. The Morgan fingerprint density at radius 1 is 1.36 bits per heavy atom. The topological polar surface area (TPSA) is 81.8 Å². The lowest BCUT2D eigenvalue weighted by molar-refractivity contribution is -0.484. The fraction of sp³-hybridized carbons (Fsp3) is 0.294. The van der Waals surface area contributed by atoms with Crippen molar-refractivity contribution in [2.45, 2.75) is 11.5 Å². The van der Waals surface area contributed by atoms with Gasteiger partial charge in [0.05, 0.1) is 18.1 Å². The van der Waals surface area contributed by atoms with Gasteiger partial charge in [-0.2, -0.15) is 0 Å². The van der Waals surface area contributed by atoms with E-state index in [1.807, 2.05) is 47.8 Å². The first kappa shape index (κ1) is 17.6. The van der Waals surface area contributed by atoms with Crippen molar-refractivity contribution in [3.05, 3.63) is 68.4 Å². The van der Waals surface area contributed by atoms with Crippen LogP contribution in [0.15, 0.2) is 52.8 Å². The van der Waals surface area contributed by atoms with Crippen LogP contribution in [0.2, 0.25) is 0 Å². The number of hydrogen-bond acceptors (Lipinski definition) is 7. The summed E-state index contributed by atoms with van der Waals surface area (Å²) in [5.41, 5.74) is -0.396. The van der Waals surface area contributed by atoms with E-state index in [-0.39, 0.29) is 6.54 Å². The Balaban J connectivity index is 2.08. The number of benzene rings is 1. The maximum absolute atomic E-state index is 12.7. The van der Waals surface area contributed by atoms with Gasteiger partial charge in [0, 0.05) is 21.1 Å². The van der Waals surface area contributed by atoms with Gasteiger partial charge in [-0.15, -0.1) is 23.1 Å². The number of nitrogens with zero attached hydrogens (tertiary/aromatic N) is 2. The summed E-state index contributed by atoms with van der Waals surface area (Å²) in [6.07, 6.45) is 0. The highest BCUT2D eigenvalue weighted by Crippen LogP contribution is 2.43. The van der Waals surface area contributed by atoms with E-state index < -0.39 is 22.3 Å². The summed E-state index contributed by atoms with van der Waals surface area (Å²) >= 11 is 2.82. The van der Waals surface area contributed by atoms with Crippen LogP contribution in [-0.4, -0.2) is 40.9 Å². The molecule has 0 spiro atoms. The van der Waals surface area contributed by atoms with Crippen LogP contribution >= 0.6 is 23.1 Å². The van der Waals surface area contributed by atoms with Gasteiger partial charge in [-0.05, 0) is 11.4 Å². The second-order valence-corrected chi connectivity index (χ2v) is 7.51. The Morgan fingerprint density at radius 2 is 2.12 bits per heavy atom. The smallest absolute Gasteiger partial charge is 0.335 e. The summed E-state index contributed by atoms with van der Waals surface area (Å²) in [6, 6.07) is 13.1. The van der Waals surface area contributed by atoms with E-state index in [0.717, 1.165) is 10.4 Å². The van der Waals surface area contributed by atoms with Crippen LogP contribution in [0.4, 0.5) is 0 Å². The minimum absolute atomic E-state index is 0.320. The fourth-order valence-corrected chi connectivity index (χ4v) is 5.05. The van der Waals surface area contributed by atoms with Gasteiger partial charge in [0.15, 0.2) is 5.54 Å². The molecule has 0 radical (unpaired) electrons. The third kappa shape index (κ3) is 3.45. The number of thiophene rings is 1. The molecular formula is C17H16N2O4S2. The van der Waals surface area contributed by atoms with Crippen molar-refractivity contribution < 1.29 is 14.5 Å². The van der Waals surface area contributed by atoms with E-state index in [1.54, 1.807) is 0 Å². The number of esters is 1. The zero-order valence-corrected chi connectivity index (χ0v) is 15.1. The van der Waals surface area contributed by atoms with Crippen LogP contribution in [-0.2, 0) is 9.53 Å². The number of carbonyl (C=O) groups is 1. The Bertz CT molecular complexity index is 792. The molecule has 2 aromatic rings. The highest BCUT2D eigenvalue weighted by atomic mass is 32.2. The minimum Gasteiger partial charge on any atom is -0.467 e. The minimum atomic E-state index is -1.29. The van der Waals surface area contributed by atoms with Crippen molar-refractivity contribution in [2.24, 2.45) is 4.99 Å². The third-order valence-corrected chi connectivity index (χ3v) is 6.26. The van der Waals surface area contributed by atoms with Crippen molar-refractivity contribution in [2.75, 3.05) is 19.4 Å². The standard InChI is InChI=1S/C17H16N2O4S2/c1-23-16(20)17(13(10-19(21)22)14-8-5-9-24-14)11-25-15(18-17)12-6-3-2-4-7-12/h2-9,13H,10-11H2,1H3/t13-,17-/m0/s1. The summed E-state index contributed by atoms with van der Waals surface area (Å²) in [5.74, 6) is -0.879. The van der Waals surface area contributed by atoms with Crippen LogP contribution in [0.1, 0.15) is 16.4 Å². The number of ether oxygens (including phenoxy) is 1. The van der Waals surface area contributed by atoms with Crippen molar-refractivity contribution in [1.29, 1.82) is 0 Å². The van der Waals surface area contributed by atoms with Crippen LogP contribution in [0, 0.1) is 10.1 Å². The van der Waals surface area contributed by atoms with Crippen molar-refractivity contribution in [3.8, 4) is 0 Å². The zero-order chi connectivity index (χ0) is 17.9. The van der Waals surface area contributed by atoms with E-state index in [2.05, 4.69) is 4.99 Å². The molecule has 0 saturated heterocycles. The average molecular weight is 376 g/mol. The summed E-state index contributed by atoms with van der Waals surface area (Å²) < 4.78 is 5.00. The fourth-order valence-electron chi connectivity index (χ4n) is 2.87. The molecule has 0 fully saturated rings. The Hall–Kier alpha value is -2.19. The molecule has 0 unspecified atom stereocenters. The molecule has 1 aromatic heterocycles. The number of methoxy groups -OCH3 is 1. The van der Waals surface area contributed by atoms with E-state index in [0.29, 0.717) is 10.8 Å². The molecule has 1 aromatic carbocycles. The van der Waals surface area contributed by atoms with E-state index in [4.69, 9.17) is 4.74 Å². The number of thioether (sulfide) groups is 1. The maximum atomic E-state index is 12.7. The Labute approximate surface area is 153 Å². The number of rotatable bonds is 6. The number of aliphatic imine (C=N–C) groups is 1. The van der Waals surface area contributed by atoms with Gasteiger partial charge in [-0.3, -0.25) is 15.1 Å². The molecule has 2 atom stereocenters. The van der Waals surface area contributed by atoms with Crippen molar-refractivity contribution in [3.63, 3.8) is 0 Å². The molecule has 6 nitrogen and oxygen atoms in total. The molecule has 0 aliphatic carbocycles. The van der Waals surface area contributed by atoms with Gasteiger partial charge < -0.3 is 4.74 Å². The molecule has 0 amide bonds. The second-order valence-electron chi connectivity index (χ2n) is 5.57. The molecule has 2 heterocycles. The van der Waals surface area contributed by atoms with Gasteiger partial charge in [0.1, 0.15) is 0 Å². The molecule has 0 bridgehead atoms. The normalized spacial score (nSPS) is 20.8.